The van der Waals surface area contributed by atoms with Crippen LogP contribution in [0.1, 0.15) is 18.3 Å². The minimum atomic E-state index is 0.0563. The largest absolute Gasteiger partial charge is 0.504 e. The van der Waals surface area contributed by atoms with E-state index in [2.05, 4.69) is 15.3 Å². The Bertz CT molecular complexity index is 660. The molecule has 100 valence electrons. The molecule has 0 unspecified atom stereocenters. The molecule has 0 aliphatic carbocycles. The topological polar surface area (TPSA) is 75.4 Å². The highest BCUT2D eigenvalue weighted by Crippen LogP contribution is 2.28. The van der Waals surface area contributed by atoms with E-state index in [1.807, 2.05) is 6.92 Å². The van der Waals surface area contributed by atoms with E-state index >= 15 is 0 Å². The molecule has 0 saturated heterocycles. The number of aryl methyl sites for hydroxylation is 1. The Kier molecular flexibility index (Phi) is 3.96. The van der Waals surface area contributed by atoms with Crippen LogP contribution in [0, 0.1) is 11.7 Å². The van der Waals surface area contributed by atoms with Crippen molar-refractivity contribution in [2.45, 2.75) is 13.8 Å². The van der Waals surface area contributed by atoms with E-state index in [0.717, 1.165) is 0 Å². The third kappa shape index (κ3) is 2.82. The smallest absolute Gasteiger partial charge is 0.216 e. The van der Waals surface area contributed by atoms with Crippen LogP contribution in [0.3, 0.4) is 0 Å². The van der Waals surface area contributed by atoms with Crippen molar-refractivity contribution in [1.29, 1.82) is 0 Å². The van der Waals surface area contributed by atoms with E-state index in [-0.39, 0.29) is 5.75 Å². The number of para-hydroxylation sites is 1. The van der Waals surface area contributed by atoms with Crippen molar-refractivity contribution in [3.8, 4) is 11.5 Å². The van der Waals surface area contributed by atoms with E-state index in [9.17, 15) is 5.11 Å². The summed E-state index contributed by atoms with van der Waals surface area (Å²) < 4.78 is 7.18. The van der Waals surface area contributed by atoms with Crippen LogP contribution in [0.4, 0.5) is 0 Å². The average Bonchev–Trinajstić information content (AvgIpc) is 2.71. The van der Waals surface area contributed by atoms with E-state index in [1.165, 1.54) is 10.9 Å². The number of ether oxygens (including phenoxy) is 1. The van der Waals surface area contributed by atoms with Gasteiger partial charge in [-0.3, -0.25) is 5.10 Å². The average molecular weight is 278 g/mol. The van der Waals surface area contributed by atoms with Gasteiger partial charge in [-0.05, 0) is 38.2 Å². The molecule has 0 atom stereocenters. The Morgan fingerprint density at radius 3 is 3.00 bits per heavy atom. The van der Waals surface area contributed by atoms with Gasteiger partial charge in [0.1, 0.15) is 5.82 Å². The fourth-order valence-electron chi connectivity index (χ4n) is 1.54. The predicted octanol–water partition coefficient (Wildman–Crippen LogP) is 2.24. The lowest BCUT2D eigenvalue weighted by Gasteiger charge is -2.07. The zero-order valence-electron chi connectivity index (χ0n) is 10.6. The van der Waals surface area contributed by atoms with Crippen molar-refractivity contribution in [1.82, 2.24) is 14.9 Å². The van der Waals surface area contributed by atoms with E-state index in [0.29, 0.717) is 28.5 Å². The van der Waals surface area contributed by atoms with Crippen LogP contribution in [-0.4, -0.2) is 32.8 Å². The number of aromatic hydroxyl groups is 1. The summed E-state index contributed by atoms with van der Waals surface area (Å²) in [7, 11) is 0. The number of nitrogens with zero attached hydrogens (tertiary/aromatic N) is 3. The van der Waals surface area contributed by atoms with Crippen molar-refractivity contribution < 1.29 is 9.84 Å². The second-order valence-corrected chi connectivity index (χ2v) is 4.15. The fraction of sp³-hybridized carbons (Fsp3) is 0.250. The third-order valence-corrected chi connectivity index (χ3v) is 2.72. The van der Waals surface area contributed by atoms with Crippen LogP contribution in [0.5, 0.6) is 11.5 Å². The summed E-state index contributed by atoms with van der Waals surface area (Å²) in [6.45, 7) is 4.12. The van der Waals surface area contributed by atoms with Crippen LogP contribution < -0.4 is 4.74 Å². The van der Waals surface area contributed by atoms with Crippen molar-refractivity contribution in [2.24, 2.45) is 5.10 Å². The standard InChI is InChI=1S/C12H14N4O2S/c1-3-18-10-6-4-5-9(11(10)17)7-13-16-8(2)14-15-12(16)19/h4-7,17H,3H2,1-2H3,(H,15,19)/b13-7-. The summed E-state index contributed by atoms with van der Waals surface area (Å²) in [5.41, 5.74) is 0.549. The first-order valence-electron chi connectivity index (χ1n) is 5.76. The molecule has 1 aromatic carbocycles. The molecule has 0 saturated carbocycles. The van der Waals surface area contributed by atoms with Crippen LogP contribution in [0.2, 0.25) is 0 Å². The SMILES string of the molecule is CCOc1cccc(/C=N\n2c(C)n[nH]c2=S)c1O. The molecule has 2 N–H and O–H groups in total. The van der Waals surface area contributed by atoms with Crippen LogP contribution in [0.25, 0.3) is 0 Å². The lowest BCUT2D eigenvalue weighted by atomic mass is 10.2. The zero-order valence-corrected chi connectivity index (χ0v) is 11.4. The van der Waals surface area contributed by atoms with Gasteiger partial charge in [0.25, 0.3) is 0 Å². The number of nitrogens with one attached hydrogen (secondary N) is 1. The summed E-state index contributed by atoms with van der Waals surface area (Å²) >= 11 is 5.03. The molecule has 6 nitrogen and oxygen atoms in total. The molecule has 0 fully saturated rings. The molecule has 2 rings (SSSR count). The number of phenolic OH excluding ortho intramolecular Hbond substituents is 1. The number of aromatic nitrogens is 3. The van der Waals surface area contributed by atoms with Gasteiger partial charge in [0.05, 0.1) is 12.8 Å². The van der Waals surface area contributed by atoms with Crippen LogP contribution >= 0.6 is 12.2 Å². The summed E-state index contributed by atoms with van der Waals surface area (Å²) in [5, 5.41) is 20.8. The van der Waals surface area contributed by atoms with Gasteiger partial charge in [0.2, 0.25) is 4.77 Å². The number of benzene rings is 1. The van der Waals surface area contributed by atoms with Crippen LogP contribution in [-0.2, 0) is 0 Å². The lowest BCUT2D eigenvalue weighted by molar-refractivity contribution is 0.318. The quantitative estimate of drug-likeness (QED) is 0.664. The molecule has 7 heteroatoms. The highest BCUT2D eigenvalue weighted by Gasteiger charge is 2.06. The predicted molar refractivity (Wildman–Crippen MR) is 74.4 cm³/mol. The Labute approximate surface area is 115 Å². The van der Waals surface area contributed by atoms with Gasteiger partial charge in [-0.1, -0.05) is 6.07 Å². The van der Waals surface area contributed by atoms with Gasteiger partial charge in [0.15, 0.2) is 11.5 Å². The Morgan fingerprint density at radius 1 is 1.58 bits per heavy atom. The summed E-state index contributed by atoms with van der Waals surface area (Å²) in [4.78, 5) is 0. The molecule has 0 amide bonds. The summed E-state index contributed by atoms with van der Waals surface area (Å²) in [5.74, 6) is 1.13. The lowest BCUT2D eigenvalue weighted by Crippen LogP contribution is -1.96. The Balaban J connectivity index is 2.34. The minimum absolute atomic E-state index is 0.0563. The molecule has 1 aromatic heterocycles. The van der Waals surface area contributed by atoms with E-state index < -0.39 is 0 Å². The first-order chi connectivity index (χ1) is 9.13. The maximum Gasteiger partial charge on any atom is 0.216 e. The minimum Gasteiger partial charge on any atom is -0.504 e. The molecular weight excluding hydrogens is 264 g/mol. The van der Waals surface area contributed by atoms with E-state index in [1.54, 1.807) is 25.1 Å². The molecule has 0 radical (unpaired) electrons. The number of phenols is 1. The monoisotopic (exact) mass is 278 g/mol. The van der Waals surface area contributed by atoms with Gasteiger partial charge in [-0.15, -0.1) is 0 Å². The van der Waals surface area contributed by atoms with Gasteiger partial charge >= 0.3 is 0 Å². The molecule has 0 spiro atoms. The summed E-state index contributed by atoms with van der Waals surface area (Å²) in [6, 6.07) is 5.22. The van der Waals surface area contributed by atoms with Crippen molar-refractivity contribution in [3.63, 3.8) is 0 Å². The molecular formula is C12H14N4O2S. The van der Waals surface area contributed by atoms with Gasteiger partial charge in [-0.2, -0.15) is 14.9 Å². The number of aromatic amines is 1. The van der Waals surface area contributed by atoms with Crippen LogP contribution in [0.15, 0.2) is 23.3 Å². The number of rotatable bonds is 4. The molecule has 19 heavy (non-hydrogen) atoms. The van der Waals surface area contributed by atoms with E-state index in [4.69, 9.17) is 17.0 Å². The fourth-order valence-corrected chi connectivity index (χ4v) is 1.77. The molecule has 1 heterocycles. The van der Waals surface area contributed by atoms with Crippen molar-refractivity contribution in [3.05, 3.63) is 34.4 Å². The number of hydrogen-bond acceptors (Lipinski definition) is 5. The van der Waals surface area contributed by atoms with Crippen molar-refractivity contribution in [2.75, 3.05) is 6.61 Å². The molecule has 0 aliphatic rings. The molecule has 0 aliphatic heterocycles. The zero-order chi connectivity index (χ0) is 13.8. The van der Waals surface area contributed by atoms with Crippen molar-refractivity contribution >= 4 is 18.4 Å². The Hall–Kier alpha value is -2.15. The highest BCUT2D eigenvalue weighted by atomic mass is 32.1. The Morgan fingerprint density at radius 2 is 2.37 bits per heavy atom. The maximum absolute atomic E-state index is 10.0. The van der Waals surface area contributed by atoms with Gasteiger partial charge < -0.3 is 9.84 Å². The molecule has 0 bridgehead atoms. The maximum atomic E-state index is 10.0. The first kappa shape index (κ1) is 13.3. The normalized spacial score (nSPS) is 11.1. The highest BCUT2D eigenvalue weighted by molar-refractivity contribution is 7.71. The molecule has 2 aromatic rings. The second-order valence-electron chi connectivity index (χ2n) is 3.76. The first-order valence-corrected chi connectivity index (χ1v) is 6.17. The second kappa shape index (κ2) is 5.66. The van der Waals surface area contributed by atoms with Gasteiger partial charge in [0, 0.05) is 5.56 Å². The third-order valence-electron chi connectivity index (χ3n) is 2.45. The number of H-pyrrole nitrogens is 1. The number of hydrogen-bond donors (Lipinski definition) is 2. The van der Waals surface area contributed by atoms with Gasteiger partial charge in [-0.25, -0.2) is 0 Å². The summed E-state index contributed by atoms with van der Waals surface area (Å²) in [6.07, 6.45) is 1.51.